The Morgan fingerprint density at radius 2 is 2.12 bits per heavy atom. The molecule has 1 aromatic carbocycles. The van der Waals surface area contributed by atoms with Gasteiger partial charge in [0.05, 0.1) is 18.9 Å². The first kappa shape index (κ1) is 17.3. The molecular weight excluding hydrogens is 324 g/mol. The highest BCUT2D eigenvalue weighted by atomic mass is 35.5. The van der Waals surface area contributed by atoms with Gasteiger partial charge in [-0.1, -0.05) is 23.7 Å². The van der Waals surface area contributed by atoms with Crippen molar-refractivity contribution in [2.45, 2.75) is 19.0 Å². The van der Waals surface area contributed by atoms with E-state index in [0.29, 0.717) is 0 Å². The number of aromatic nitrogens is 2. The molecule has 0 saturated carbocycles. The third-order valence-electron chi connectivity index (χ3n) is 4.36. The molecule has 2 aromatic rings. The van der Waals surface area contributed by atoms with Crippen LogP contribution in [0.15, 0.2) is 42.9 Å². The predicted molar refractivity (Wildman–Crippen MR) is 95.0 cm³/mol. The van der Waals surface area contributed by atoms with Gasteiger partial charge in [0, 0.05) is 55.3 Å². The molecular formula is C18H23ClN4O. The molecule has 1 saturated heterocycles. The molecule has 1 N–H and O–H groups in total. The Kier molecular flexibility index (Phi) is 6.15. The van der Waals surface area contributed by atoms with E-state index in [4.69, 9.17) is 16.3 Å². The zero-order valence-electron chi connectivity index (χ0n) is 13.9. The number of hydrogen-bond acceptors (Lipinski definition) is 5. The zero-order valence-corrected chi connectivity index (χ0v) is 14.6. The molecule has 0 bridgehead atoms. The maximum atomic E-state index is 6.20. The Morgan fingerprint density at radius 3 is 2.83 bits per heavy atom. The summed E-state index contributed by atoms with van der Waals surface area (Å²) in [6, 6.07) is 8.51. The van der Waals surface area contributed by atoms with E-state index in [1.807, 2.05) is 12.1 Å². The molecule has 0 spiro atoms. The van der Waals surface area contributed by atoms with E-state index in [-0.39, 0.29) is 12.1 Å². The second kappa shape index (κ2) is 8.53. The standard InChI is InChI=1S/C18H23ClN4O/c1-14(17-12-20-5-6-21-17)22-13-18(23-7-9-24-10-8-23)15-3-2-4-16(19)11-15/h2-6,11-12,14,18,22H,7-10,13H2,1H3/t14-,18-/m1/s1. The maximum Gasteiger partial charge on any atom is 0.0753 e. The molecule has 0 unspecified atom stereocenters. The van der Waals surface area contributed by atoms with Crippen LogP contribution in [0, 0.1) is 0 Å². The van der Waals surface area contributed by atoms with Gasteiger partial charge in [-0.15, -0.1) is 0 Å². The summed E-state index contributed by atoms with van der Waals surface area (Å²) in [4.78, 5) is 11.0. The van der Waals surface area contributed by atoms with Gasteiger partial charge in [0.2, 0.25) is 0 Å². The molecule has 1 aromatic heterocycles. The van der Waals surface area contributed by atoms with Gasteiger partial charge >= 0.3 is 0 Å². The summed E-state index contributed by atoms with van der Waals surface area (Å²) in [5, 5.41) is 4.36. The van der Waals surface area contributed by atoms with Crippen LogP contribution in [0.25, 0.3) is 0 Å². The van der Waals surface area contributed by atoms with E-state index < -0.39 is 0 Å². The van der Waals surface area contributed by atoms with Crippen LogP contribution in [-0.2, 0) is 4.74 Å². The van der Waals surface area contributed by atoms with Crippen molar-refractivity contribution in [1.29, 1.82) is 0 Å². The van der Waals surface area contributed by atoms with E-state index in [1.54, 1.807) is 18.6 Å². The average Bonchev–Trinajstić information content (AvgIpc) is 2.63. The number of nitrogens with one attached hydrogen (secondary N) is 1. The monoisotopic (exact) mass is 346 g/mol. The summed E-state index contributed by atoms with van der Waals surface area (Å²) in [6.45, 7) is 6.33. The quantitative estimate of drug-likeness (QED) is 0.871. The Balaban J connectivity index is 1.72. The summed E-state index contributed by atoms with van der Waals surface area (Å²) in [7, 11) is 0. The van der Waals surface area contributed by atoms with Gasteiger partial charge in [0.15, 0.2) is 0 Å². The Morgan fingerprint density at radius 1 is 1.29 bits per heavy atom. The lowest BCUT2D eigenvalue weighted by Crippen LogP contribution is -2.43. The van der Waals surface area contributed by atoms with Crippen LogP contribution >= 0.6 is 11.6 Å². The number of hydrogen-bond donors (Lipinski definition) is 1. The molecule has 1 aliphatic rings. The molecule has 3 rings (SSSR count). The number of rotatable bonds is 6. The third-order valence-corrected chi connectivity index (χ3v) is 4.60. The second-order valence-corrected chi connectivity index (χ2v) is 6.42. The predicted octanol–water partition coefficient (Wildman–Crippen LogP) is 2.85. The van der Waals surface area contributed by atoms with Gasteiger partial charge in [-0.3, -0.25) is 14.9 Å². The summed E-state index contributed by atoms with van der Waals surface area (Å²) in [5.74, 6) is 0. The molecule has 128 valence electrons. The lowest BCUT2D eigenvalue weighted by Gasteiger charge is -2.35. The fourth-order valence-corrected chi connectivity index (χ4v) is 3.19. The Hall–Kier alpha value is -1.53. The highest BCUT2D eigenvalue weighted by Gasteiger charge is 2.23. The van der Waals surface area contributed by atoms with Gasteiger partial charge in [0.1, 0.15) is 0 Å². The van der Waals surface area contributed by atoms with Crippen molar-refractivity contribution in [1.82, 2.24) is 20.2 Å². The lowest BCUT2D eigenvalue weighted by molar-refractivity contribution is 0.0157. The normalized spacial score (nSPS) is 18.2. The molecule has 0 amide bonds. The van der Waals surface area contributed by atoms with Crippen molar-refractivity contribution < 1.29 is 4.74 Å². The van der Waals surface area contributed by atoms with Crippen LogP contribution in [-0.4, -0.2) is 47.7 Å². The van der Waals surface area contributed by atoms with Gasteiger partial charge in [-0.2, -0.15) is 0 Å². The van der Waals surface area contributed by atoms with E-state index in [2.05, 4.69) is 39.2 Å². The summed E-state index contributed by atoms with van der Waals surface area (Å²) in [6.07, 6.45) is 5.23. The molecule has 1 fully saturated rings. The van der Waals surface area contributed by atoms with E-state index in [1.165, 1.54) is 5.56 Å². The summed E-state index contributed by atoms with van der Waals surface area (Å²) < 4.78 is 5.50. The molecule has 6 heteroatoms. The average molecular weight is 347 g/mol. The molecule has 24 heavy (non-hydrogen) atoms. The van der Waals surface area contributed by atoms with Crippen LogP contribution < -0.4 is 5.32 Å². The molecule has 2 atom stereocenters. The second-order valence-electron chi connectivity index (χ2n) is 5.98. The fourth-order valence-electron chi connectivity index (χ4n) is 2.99. The topological polar surface area (TPSA) is 50.3 Å². The number of ether oxygens (including phenoxy) is 1. The first-order valence-corrected chi connectivity index (χ1v) is 8.68. The minimum absolute atomic E-state index is 0.140. The highest BCUT2D eigenvalue weighted by molar-refractivity contribution is 6.30. The van der Waals surface area contributed by atoms with E-state index >= 15 is 0 Å². The fraction of sp³-hybridized carbons (Fsp3) is 0.444. The van der Waals surface area contributed by atoms with Crippen LogP contribution in [0.5, 0.6) is 0 Å². The molecule has 0 aliphatic carbocycles. The molecule has 1 aliphatic heterocycles. The van der Waals surface area contributed by atoms with Crippen molar-refractivity contribution in [3.8, 4) is 0 Å². The van der Waals surface area contributed by atoms with Gasteiger partial charge < -0.3 is 10.1 Å². The largest absolute Gasteiger partial charge is 0.379 e. The van der Waals surface area contributed by atoms with E-state index in [9.17, 15) is 0 Å². The zero-order chi connectivity index (χ0) is 16.8. The van der Waals surface area contributed by atoms with Crippen LogP contribution in [0.4, 0.5) is 0 Å². The first-order valence-electron chi connectivity index (χ1n) is 8.30. The highest BCUT2D eigenvalue weighted by Crippen LogP contribution is 2.24. The van der Waals surface area contributed by atoms with Crippen molar-refractivity contribution in [3.05, 3.63) is 59.1 Å². The number of morpholine rings is 1. The lowest BCUT2D eigenvalue weighted by atomic mass is 10.0. The third kappa shape index (κ3) is 4.51. The van der Waals surface area contributed by atoms with Crippen LogP contribution in [0.3, 0.4) is 0 Å². The van der Waals surface area contributed by atoms with Crippen LogP contribution in [0.1, 0.15) is 30.3 Å². The van der Waals surface area contributed by atoms with Gasteiger partial charge in [-0.05, 0) is 24.6 Å². The first-order chi connectivity index (χ1) is 11.7. The minimum Gasteiger partial charge on any atom is -0.379 e. The summed E-state index contributed by atoms with van der Waals surface area (Å²) >= 11 is 6.20. The van der Waals surface area contributed by atoms with Crippen molar-refractivity contribution in [3.63, 3.8) is 0 Å². The molecule has 2 heterocycles. The van der Waals surface area contributed by atoms with Crippen molar-refractivity contribution in [2.75, 3.05) is 32.8 Å². The Labute approximate surface area is 148 Å². The van der Waals surface area contributed by atoms with Crippen molar-refractivity contribution >= 4 is 11.6 Å². The maximum absolute atomic E-state index is 6.20. The number of halogens is 1. The molecule has 5 nitrogen and oxygen atoms in total. The Bertz CT molecular complexity index is 634. The smallest absolute Gasteiger partial charge is 0.0753 e. The van der Waals surface area contributed by atoms with Gasteiger partial charge in [0.25, 0.3) is 0 Å². The number of benzene rings is 1. The van der Waals surface area contributed by atoms with Crippen LogP contribution in [0.2, 0.25) is 5.02 Å². The van der Waals surface area contributed by atoms with Crippen molar-refractivity contribution in [2.24, 2.45) is 0 Å². The molecule has 0 radical (unpaired) electrons. The minimum atomic E-state index is 0.140. The van der Waals surface area contributed by atoms with E-state index in [0.717, 1.165) is 43.6 Å². The summed E-state index contributed by atoms with van der Waals surface area (Å²) in [5.41, 5.74) is 2.17. The number of nitrogens with zero attached hydrogens (tertiary/aromatic N) is 3. The SMILES string of the molecule is C[C@@H](NC[C@H](c1cccc(Cl)c1)N1CCOCC1)c1cnccn1. The van der Waals surface area contributed by atoms with Gasteiger partial charge in [-0.25, -0.2) is 0 Å².